The number of benzene rings is 2. The van der Waals surface area contributed by atoms with E-state index in [4.69, 9.17) is 15.7 Å². The monoisotopic (exact) mass is 360 g/mol. The first-order chi connectivity index (χ1) is 12.2. The van der Waals surface area contributed by atoms with Crippen LogP contribution in [-0.4, -0.2) is 32.8 Å². The van der Waals surface area contributed by atoms with Gasteiger partial charge < -0.3 is 20.1 Å². The molecule has 2 aromatic rings. The Kier molecular flexibility index (Phi) is 5.81. The topological polar surface area (TPSA) is 142 Å². The van der Waals surface area contributed by atoms with E-state index < -0.39 is 17.5 Å². The van der Waals surface area contributed by atoms with Crippen LogP contribution >= 0.6 is 0 Å². The van der Waals surface area contributed by atoms with Gasteiger partial charge in [-0.2, -0.15) is 0 Å². The quantitative estimate of drug-likeness (QED) is 0.215. The molecule has 1 atom stereocenters. The van der Waals surface area contributed by atoms with Gasteiger partial charge in [0.15, 0.2) is 11.5 Å². The molecule has 138 valence electrons. The molecule has 0 saturated carbocycles. The minimum Gasteiger partial charge on any atom is -0.504 e. The number of ether oxygens (including phenoxy) is 1. The van der Waals surface area contributed by atoms with Gasteiger partial charge in [0.25, 0.3) is 0 Å². The van der Waals surface area contributed by atoms with Crippen LogP contribution in [0.4, 0.5) is 0 Å². The second-order valence-electron chi connectivity index (χ2n) is 6.06. The third-order valence-corrected chi connectivity index (χ3v) is 3.91. The van der Waals surface area contributed by atoms with Gasteiger partial charge in [0.2, 0.25) is 0 Å². The number of esters is 1. The van der Waals surface area contributed by atoms with Crippen LogP contribution < -0.4 is 11.3 Å². The minimum atomic E-state index is -1.28. The van der Waals surface area contributed by atoms with Gasteiger partial charge in [-0.25, -0.2) is 15.0 Å². The van der Waals surface area contributed by atoms with E-state index in [-0.39, 0.29) is 30.1 Å². The lowest BCUT2D eigenvalue weighted by Crippen LogP contribution is -2.55. The summed E-state index contributed by atoms with van der Waals surface area (Å²) in [5.41, 5.74) is 2.31. The average molecular weight is 360 g/mol. The van der Waals surface area contributed by atoms with Crippen molar-refractivity contribution in [3.8, 4) is 11.5 Å². The molecule has 26 heavy (non-hydrogen) atoms. The van der Waals surface area contributed by atoms with Crippen LogP contribution in [0.3, 0.4) is 0 Å². The highest BCUT2D eigenvalue weighted by molar-refractivity contribution is 5.87. The summed E-state index contributed by atoms with van der Waals surface area (Å²) in [4.78, 5) is 23.4. The summed E-state index contributed by atoms with van der Waals surface area (Å²) < 4.78 is 5.26. The molecule has 0 aromatic heterocycles. The van der Waals surface area contributed by atoms with Crippen molar-refractivity contribution in [1.29, 1.82) is 0 Å². The molecule has 0 aliphatic heterocycles. The molecule has 0 saturated heterocycles. The van der Waals surface area contributed by atoms with Gasteiger partial charge in [0, 0.05) is 6.42 Å². The van der Waals surface area contributed by atoms with Crippen molar-refractivity contribution >= 4 is 11.9 Å². The molecule has 0 radical (unpaired) electrons. The molecule has 2 aromatic carbocycles. The zero-order valence-electron chi connectivity index (χ0n) is 14.1. The molecule has 0 spiro atoms. The number of hydrogen-bond donors (Lipinski definition) is 5. The summed E-state index contributed by atoms with van der Waals surface area (Å²) in [5.74, 6) is 3.23. The molecule has 1 unspecified atom stereocenters. The van der Waals surface area contributed by atoms with Crippen LogP contribution in [-0.2, 0) is 22.6 Å². The zero-order chi connectivity index (χ0) is 19.3. The van der Waals surface area contributed by atoms with Crippen LogP contribution in [0.2, 0.25) is 0 Å². The molecule has 0 aliphatic rings. The third kappa shape index (κ3) is 4.50. The van der Waals surface area contributed by atoms with E-state index >= 15 is 0 Å². The van der Waals surface area contributed by atoms with Crippen LogP contribution in [0.15, 0.2) is 42.5 Å². The lowest BCUT2D eigenvalue weighted by atomic mass is 9.93. The van der Waals surface area contributed by atoms with Gasteiger partial charge in [-0.3, -0.25) is 5.84 Å². The summed E-state index contributed by atoms with van der Waals surface area (Å²) >= 11 is 0. The second-order valence-corrected chi connectivity index (χ2v) is 6.06. The molecule has 0 fully saturated rings. The zero-order valence-corrected chi connectivity index (χ0v) is 14.1. The van der Waals surface area contributed by atoms with Crippen molar-refractivity contribution in [3.63, 3.8) is 0 Å². The number of aromatic carboxylic acids is 1. The van der Waals surface area contributed by atoms with E-state index in [9.17, 15) is 19.8 Å². The van der Waals surface area contributed by atoms with Crippen LogP contribution in [0.25, 0.3) is 0 Å². The Hall–Kier alpha value is -3.10. The number of hydrazine groups is 1. The summed E-state index contributed by atoms with van der Waals surface area (Å²) in [6.45, 7) is 1.42. The number of nitrogens with two attached hydrogens (primary N) is 1. The van der Waals surface area contributed by atoms with E-state index in [1.807, 2.05) is 0 Å². The standard InChI is InChI=1S/C18H20N2O6/c1-18(20-19,9-11-5-6-14(21)15(22)8-11)17(25)26-10-12-3-2-4-13(7-12)16(23)24/h2-8,20-22H,9-10,19H2,1H3,(H,23,24). The number of phenols is 2. The molecular formula is C18H20N2O6. The maximum Gasteiger partial charge on any atom is 0.335 e. The highest BCUT2D eigenvalue weighted by Crippen LogP contribution is 2.27. The fraction of sp³-hybridized carbons (Fsp3) is 0.222. The highest BCUT2D eigenvalue weighted by atomic mass is 16.5. The Morgan fingerprint density at radius 2 is 1.85 bits per heavy atom. The molecule has 8 nitrogen and oxygen atoms in total. The average Bonchev–Trinajstić information content (AvgIpc) is 2.62. The molecule has 2 rings (SSSR count). The van der Waals surface area contributed by atoms with Crippen LogP contribution in [0, 0.1) is 0 Å². The summed E-state index contributed by atoms with van der Waals surface area (Å²) in [7, 11) is 0. The number of phenolic OH excluding ortho intramolecular Hbond substituents is 2. The summed E-state index contributed by atoms with van der Waals surface area (Å²) in [6.07, 6.45) is 0.103. The summed E-state index contributed by atoms with van der Waals surface area (Å²) in [5, 5.41) is 27.9. The first kappa shape index (κ1) is 19.2. The number of hydrogen-bond acceptors (Lipinski definition) is 7. The molecule has 6 N–H and O–H groups in total. The van der Waals surface area contributed by atoms with Crippen molar-refractivity contribution < 1.29 is 29.6 Å². The second kappa shape index (κ2) is 7.85. The first-order valence-corrected chi connectivity index (χ1v) is 7.73. The predicted molar refractivity (Wildman–Crippen MR) is 92.4 cm³/mol. The highest BCUT2D eigenvalue weighted by Gasteiger charge is 2.34. The van der Waals surface area contributed by atoms with Crippen molar-refractivity contribution in [1.82, 2.24) is 5.43 Å². The smallest absolute Gasteiger partial charge is 0.335 e. The van der Waals surface area contributed by atoms with Gasteiger partial charge in [-0.15, -0.1) is 0 Å². The Bertz CT molecular complexity index is 823. The van der Waals surface area contributed by atoms with E-state index in [1.165, 1.54) is 31.2 Å². The number of carbonyl (C=O) groups excluding carboxylic acids is 1. The van der Waals surface area contributed by atoms with Gasteiger partial charge in [-0.05, 0) is 42.3 Å². The van der Waals surface area contributed by atoms with Crippen LogP contribution in [0.1, 0.15) is 28.4 Å². The minimum absolute atomic E-state index is 0.0952. The largest absolute Gasteiger partial charge is 0.504 e. The molecular weight excluding hydrogens is 340 g/mol. The number of rotatable bonds is 7. The van der Waals surface area contributed by atoms with E-state index in [2.05, 4.69) is 5.43 Å². The first-order valence-electron chi connectivity index (χ1n) is 7.73. The maximum atomic E-state index is 12.5. The Morgan fingerprint density at radius 3 is 2.46 bits per heavy atom. The van der Waals surface area contributed by atoms with Gasteiger partial charge in [0.1, 0.15) is 12.1 Å². The summed E-state index contributed by atoms with van der Waals surface area (Å²) in [6, 6.07) is 10.3. The van der Waals surface area contributed by atoms with Gasteiger partial charge in [-0.1, -0.05) is 18.2 Å². The lowest BCUT2D eigenvalue weighted by Gasteiger charge is -2.26. The number of carboxylic acids is 1. The number of aromatic hydroxyl groups is 2. The van der Waals surface area contributed by atoms with Gasteiger partial charge in [0.05, 0.1) is 5.56 Å². The van der Waals surface area contributed by atoms with Crippen molar-refractivity contribution in [2.75, 3.05) is 0 Å². The Balaban J connectivity index is 2.08. The van der Waals surface area contributed by atoms with Gasteiger partial charge >= 0.3 is 11.9 Å². The maximum absolute atomic E-state index is 12.5. The number of nitrogens with one attached hydrogen (secondary N) is 1. The van der Waals surface area contributed by atoms with Crippen molar-refractivity contribution in [2.24, 2.45) is 5.84 Å². The fourth-order valence-corrected chi connectivity index (χ4v) is 2.37. The third-order valence-electron chi connectivity index (χ3n) is 3.91. The SMILES string of the molecule is CC(Cc1ccc(O)c(O)c1)(NN)C(=O)OCc1cccc(C(=O)O)c1. The van der Waals surface area contributed by atoms with E-state index in [0.717, 1.165) is 0 Å². The molecule has 0 heterocycles. The molecule has 0 amide bonds. The van der Waals surface area contributed by atoms with Crippen molar-refractivity contribution in [2.45, 2.75) is 25.5 Å². The molecule has 0 bridgehead atoms. The Morgan fingerprint density at radius 1 is 1.12 bits per heavy atom. The van der Waals surface area contributed by atoms with Crippen molar-refractivity contribution in [3.05, 3.63) is 59.2 Å². The predicted octanol–water partition coefficient (Wildman–Crippen LogP) is 1.30. The number of carbonyl (C=O) groups is 2. The normalized spacial score (nSPS) is 13.0. The van der Waals surface area contributed by atoms with E-state index in [0.29, 0.717) is 11.1 Å². The number of carboxylic acid groups (broad SMARTS) is 1. The lowest BCUT2D eigenvalue weighted by molar-refractivity contribution is -0.152. The van der Waals surface area contributed by atoms with Crippen LogP contribution in [0.5, 0.6) is 11.5 Å². The fourth-order valence-electron chi connectivity index (χ4n) is 2.37. The molecule has 0 aliphatic carbocycles. The Labute approximate surface area is 149 Å². The van der Waals surface area contributed by atoms with E-state index in [1.54, 1.807) is 18.2 Å². The molecule has 8 heteroatoms.